The fourth-order valence-corrected chi connectivity index (χ4v) is 2.32. The molecule has 2 atom stereocenters. The molecule has 4 N–H and O–H groups in total. The van der Waals surface area contributed by atoms with Crippen LogP contribution in [0.5, 0.6) is 0 Å². The third kappa shape index (κ3) is 2.96. The molecular formula is C13H22N4O2. The molecule has 2 heterocycles. The first-order valence-electron chi connectivity index (χ1n) is 6.55. The number of nitrogens with two attached hydrogens (primary N) is 2. The second kappa shape index (κ2) is 5.30. The number of hydrogen-bond acceptors (Lipinski definition) is 4. The topological polar surface area (TPSA) is 96.2 Å². The van der Waals surface area contributed by atoms with Crippen molar-refractivity contribution in [3.8, 4) is 0 Å². The molecule has 1 aromatic heterocycles. The smallest absolute Gasteiger partial charge is 0.224 e. The number of nitrogens with zero attached hydrogens (tertiary/aromatic N) is 2. The molecule has 0 bridgehead atoms. The van der Waals surface area contributed by atoms with Gasteiger partial charge in [-0.1, -0.05) is 0 Å². The van der Waals surface area contributed by atoms with Crippen LogP contribution in [-0.2, 0) is 16.1 Å². The molecule has 0 spiro atoms. The van der Waals surface area contributed by atoms with Gasteiger partial charge in [0.15, 0.2) is 0 Å². The van der Waals surface area contributed by atoms with Gasteiger partial charge < -0.3 is 20.8 Å². The first-order chi connectivity index (χ1) is 8.92. The van der Waals surface area contributed by atoms with E-state index in [0.29, 0.717) is 19.1 Å². The highest BCUT2D eigenvalue weighted by molar-refractivity contribution is 5.79. The van der Waals surface area contributed by atoms with Gasteiger partial charge in [-0.15, -0.1) is 0 Å². The molecule has 1 aromatic rings. The standard InChI is InChI=1S/C13H22N4O2/c1-13(2,12(15)18)7-17-8-16-5-10(17)11(14)9-3-4-19-6-9/h5,8-9,11H,3-4,6-7,14H2,1-2H3,(H2,15,18). The maximum Gasteiger partial charge on any atom is 0.224 e. The van der Waals surface area contributed by atoms with Crippen molar-refractivity contribution in [2.45, 2.75) is 32.9 Å². The van der Waals surface area contributed by atoms with Crippen molar-refractivity contribution in [2.24, 2.45) is 22.8 Å². The van der Waals surface area contributed by atoms with Crippen LogP contribution in [0.25, 0.3) is 0 Å². The van der Waals surface area contributed by atoms with Crippen LogP contribution >= 0.6 is 0 Å². The molecule has 19 heavy (non-hydrogen) atoms. The Bertz CT molecular complexity index is 449. The highest BCUT2D eigenvalue weighted by Crippen LogP contribution is 2.28. The summed E-state index contributed by atoms with van der Waals surface area (Å²) in [6.45, 7) is 5.58. The summed E-state index contributed by atoms with van der Waals surface area (Å²) in [5.41, 5.74) is 12.0. The van der Waals surface area contributed by atoms with Crippen LogP contribution in [0.1, 0.15) is 32.0 Å². The van der Waals surface area contributed by atoms with Gasteiger partial charge in [0.05, 0.1) is 30.1 Å². The molecule has 0 aromatic carbocycles. The van der Waals surface area contributed by atoms with Crippen LogP contribution < -0.4 is 11.5 Å². The Kier molecular flexibility index (Phi) is 3.91. The minimum Gasteiger partial charge on any atom is -0.381 e. The minimum absolute atomic E-state index is 0.117. The lowest BCUT2D eigenvalue weighted by Crippen LogP contribution is -2.36. The number of carbonyl (C=O) groups is 1. The van der Waals surface area contributed by atoms with Crippen molar-refractivity contribution in [3.05, 3.63) is 18.2 Å². The molecule has 1 aliphatic heterocycles. The van der Waals surface area contributed by atoms with E-state index in [1.807, 2.05) is 18.4 Å². The molecule has 0 aliphatic carbocycles. The summed E-state index contributed by atoms with van der Waals surface area (Å²) in [6.07, 6.45) is 4.43. The van der Waals surface area contributed by atoms with Crippen molar-refractivity contribution in [3.63, 3.8) is 0 Å². The zero-order valence-corrected chi connectivity index (χ0v) is 11.5. The molecule has 0 radical (unpaired) electrons. The van der Waals surface area contributed by atoms with E-state index in [1.54, 1.807) is 12.5 Å². The van der Waals surface area contributed by atoms with E-state index in [2.05, 4.69) is 4.98 Å². The molecule has 0 saturated carbocycles. The SMILES string of the molecule is CC(C)(Cn1cncc1C(N)C1CCOC1)C(N)=O. The number of primary amides is 1. The van der Waals surface area contributed by atoms with Gasteiger partial charge in [-0.3, -0.25) is 4.79 Å². The van der Waals surface area contributed by atoms with Gasteiger partial charge in [-0.2, -0.15) is 0 Å². The maximum atomic E-state index is 11.4. The van der Waals surface area contributed by atoms with Crippen LogP contribution in [0, 0.1) is 11.3 Å². The van der Waals surface area contributed by atoms with Gasteiger partial charge >= 0.3 is 0 Å². The normalized spacial score (nSPS) is 21.5. The summed E-state index contributed by atoms with van der Waals surface area (Å²) < 4.78 is 7.30. The molecule has 6 nitrogen and oxygen atoms in total. The zero-order chi connectivity index (χ0) is 14.0. The number of amides is 1. The Balaban J connectivity index is 2.15. The summed E-state index contributed by atoms with van der Waals surface area (Å²) in [6, 6.07) is -0.117. The van der Waals surface area contributed by atoms with Crippen LogP contribution in [0.3, 0.4) is 0 Å². The van der Waals surface area contributed by atoms with E-state index in [4.69, 9.17) is 16.2 Å². The second-order valence-electron chi connectivity index (χ2n) is 5.84. The van der Waals surface area contributed by atoms with E-state index in [1.165, 1.54) is 0 Å². The lowest BCUT2D eigenvalue weighted by molar-refractivity contribution is -0.126. The van der Waals surface area contributed by atoms with E-state index in [-0.39, 0.29) is 11.9 Å². The minimum atomic E-state index is -0.624. The molecule has 2 rings (SSSR count). The van der Waals surface area contributed by atoms with E-state index in [9.17, 15) is 4.79 Å². The fourth-order valence-electron chi connectivity index (χ4n) is 2.32. The zero-order valence-electron chi connectivity index (χ0n) is 11.5. The highest BCUT2D eigenvalue weighted by atomic mass is 16.5. The first kappa shape index (κ1) is 14.0. The Labute approximate surface area is 113 Å². The number of aromatic nitrogens is 2. The van der Waals surface area contributed by atoms with Gasteiger partial charge in [-0.05, 0) is 20.3 Å². The molecule has 6 heteroatoms. The number of imidazole rings is 1. The fraction of sp³-hybridized carbons (Fsp3) is 0.692. The van der Waals surface area contributed by atoms with Crippen LogP contribution in [0.15, 0.2) is 12.5 Å². The van der Waals surface area contributed by atoms with Crippen LogP contribution in [0.2, 0.25) is 0 Å². The molecule has 1 amide bonds. The molecular weight excluding hydrogens is 244 g/mol. The van der Waals surface area contributed by atoms with Crippen molar-refractivity contribution >= 4 is 5.91 Å². The summed E-state index contributed by atoms with van der Waals surface area (Å²) in [4.78, 5) is 15.6. The quantitative estimate of drug-likeness (QED) is 0.807. The molecule has 1 saturated heterocycles. The Morgan fingerprint density at radius 2 is 2.42 bits per heavy atom. The largest absolute Gasteiger partial charge is 0.381 e. The molecule has 2 unspecified atom stereocenters. The first-order valence-corrected chi connectivity index (χ1v) is 6.55. The second-order valence-corrected chi connectivity index (χ2v) is 5.84. The van der Waals surface area contributed by atoms with Gasteiger partial charge in [0, 0.05) is 25.3 Å². The van der Waals surface area contributed by atoms with Crippen molar-refractivity contribution in [1.82, 2.24) is 9.55 Å². The third-order valence-electron chi connectivity index (χ3n) is 3.79. The van der Waals surface area contributed by atoms with Crippen LogP contribution in [0.4, 0.5) is 0 Å². The molecule has 1 aliphatic rings. The monoisotopic (exact) mass is 266 g/mol. The summed E-state index contributed by atoms with van der Waals surface area (Å²) in [5, 5.41) is 0. The number of ether oxygens (including phenoxy) is 1. The Morgan fingerprint density at radius 1 is 1.68 bits per heavy atom. The van der Waals surface area contributed by atoms with Crippen molar-refractivity contribution in [1.29, 1.82) is 0 Å². The molecule has 106 valence electrons. The number of rotatable bonds is 5. The van der Waals surface area contributed by atoms with Gasteiger partial charge in [-0.25, -0.2) is 4.98 Å². The summed E-state index contributed by atoms with van der Waals surface area (Å²) in [5.74, 6) is -0.0166. The number of carbonyl (C=O) groups excluding carboxylic acids is 1. The van der Waals surface area contributed by atoms with Gasteiger partial charge in [0.2, 0.25) is 5.91 Å². The lowest BCUT2D eigenvalue weighted by Gasteiger charge is -2.25. The van der Waals surface area contributed by atoms with E-state index >= 15 is 0 Å². The predicted molar refractivity (Wildman–Crippen MR) is 71.1 cm³/mol. The van der Waals surface area contributed by atoms with Crippen molar-refractivity contribution in [2.75, 3.05) is 13.2 Å². The predicted octanol–water partition coefficient (Wildman–Crippen LogP) is 0.431. The summed E-state index contributed by atoms with van der Waals surface area (Å²) in [7, 11) is 0. The highest BCUT2D eigenvalue weighted by Gasteiger charge is 2.30. The Hall–Kier alpha value is -1.40. The number of hydrogen-bond donors (Lipinski definition) is 2. The lowest BCUT2D eigenvalue weighted by atomic mass is 9.91. The van der Waals surface area contributed by atoms with Crippen LogP contribution in [-0.4, -0.2) is 28.7 Å². The van der Waals surface area contributed by atoms with E-state index in [0.717, 1.165) is 18.7 Å². The van der Waals surface area contributed by atoms with E-state index < -0.39 is 5.41 Å². The molecule has 1 fully saturated rings. The maximum absolute atomic E-state index is 11.4. The average Bonchev–Trinajstić information content (AvgIpc) is 2.97. The average molecular weight is 266 g/mol. The third-order valence-corrected chi connectivity index (χ3v) is 3.79. The van der Waals surface area contributed by atoms with Gasteiger partial charge in [0.25, 0.3) is 0 Å². The van der Waals surface area contributed by atoms with Gasteiger partial charge in [0.1, 0.15) is 0 Å². The van der Waals surface area contributed by atoms with Crippen molar-refractivity contribution < 1.29 is 9.53 Å². The summed E-state index contributed by atoms with van der Waals surface area (Å²) >= 11 is 0. The Morgan fingerprint density at radius 3 is 3.00 bits per heavy atom.